The van der Waals surface area contributed by atoms with E-state index in [-0.39, 0.29) is 11.1 Å². The fourth-order valence-corrected chi connectivity index (χ4v) is 5.52. The summed E-state index contributed by atoms with van der Waals surface area (Å²) >= 11 is 11.2. The highest BCUT2D eigenvalue weighted by Gasteiger charge is 2.43. The zero-order valence-corrected chi connectivity index (χ0v) is 20.3. The van der Waals surface area contributed by atoms with Crippen molar-refractivity contribution in [3.63, 3.8) is 0 Å². The number of nitrogens with one attached hydrogen (secondary N) is 2. The van der Waals surface area contributed by atoms with Crippen molar-refractivity contribution in [3.05, 3.63) is 0 Å². The SMILES string of the molecule is CCCCOC(=S)NC1(CC2(NC(=S)OCCCC)CCCCC2)CCCCC1. The largest absolute Gasteiger partial charge is 0.471 e. The van der Waals surface area contributed by atoms with E-state index < -0.39 is 0 Å². The van der Waals surface area contributed by atoms with E-state index in [0.29, 0.717) is 23.6 Å². The maximum atomic E-state index is 5.83. The number of thiocarbonyl (C=S) groups is 2. The number of hydrogen-bond donors (Lipinski definition) is 2. The van der Waals surface area contributed by atoms with Crippen molar-refractivity contribution >= 4 is 34.8 Å². The third-order valence-corrected chi connectivity index (χ3v) is 6.93. The molecule has 0 bridgehead atoms. The molecule has 2 fully saturated rings. The Labute approximate surface area is 189 Å². The lowest BCUT2D eigenvalue weighted by atomic mass is 9.68. The quantitative estimate of drug-likeness (QED) is 0.312. The van der Waals surface area contributed by atoms with Crippen LogP contribution in [-0.4, -0.2) is 34.6 Å². The first kappa shape index (κ1) is 24.6. The molecule has 0 heterocycles. The standard InChI is InChI=1S/C23H42N2O2S2/c1-3-5-17-26-20(28)24-22(13-9-7-10-14-22)19-23(15-11-8-12-16-23)25-21(29)27-18-6-4-2/h3-19H2,1-2H3,(H,24,28)(H,25,29). The Morgan fingerprint density at radius 1 is 0.690 bits per heavy atom. The molecule has 29 heavy (non-hydrogen) atoms. The molecule has 0 atom stereocenters. The summed E-state index contributed by atoms with van der Waals surface area (Å²) in [7, 11) is 0. The monoisotopic (exact) mass is 442 g/mol. The summed E-state index contributed by atoms with van der Waals surface area (Å²) < 4.78 is 11.7. The molecule has 0 aromatic heterocycles. The van der Waals surface area contributed by atoms with Crippen LogP contribution in [0.2, 0.25) is 0 Å². The highest BCUT2D eigenvalue weighted by atomic mass is 32.1. The molecule has 0 unspecified atom stereocenters. The molecule has 0 saturated heterocycles. The van der Waals surface area contributed by atoms with Crippen molar-refractivity contribution in [1.29, 1.82) is 0 Å². The van der Waals surface area contributed by atoms with Gasteiger partial charge in [0.1, 0.15) is 0 Å². The Balaban J connectivity index is 2.06. The molecular weight excluding hydrogens is 400 g/mol. The van der Waals surface area contributed by atoms with Crippen LogP contribution in [0, 0.1) is 0 Å². The van der Waals surface area contributed by atoms with E-state index in [1.165, 1.54) is 38.5 Å². The van der Waals surface area contributed by atoms with Gasteiger partial charge in [-0.3, -0.25) is 0 Å². The summed E-state index contributed by atoms with van der Waals surface area (Å²) in [5.74, 6) is 0. The van der Waals surface area contributed by atoms with Gasteiger partial charge in [0.15, 0.2) is 0 Å². The van der Waals surface area contributed by atoms with E-state index >= 15 is 0 Å². The van der Waals surface area contributed by atoms with Gasteiger partial charge in [-0.1, -0.05) is 65.2 Å². The summed E-state index contributed by atoms with van der Waals surface area (Å²) in [6.45, 7) is 5.76. The highest BCUT2D eigenvalue weighted by molar-refractivity contribution is 7.80. The van der Waals surface area contributed by atoms with Gasteiger partial charge in [-0.15, -0.1) is 0 Å². The number of ether oxygens (including phenoxy) is 2. The van der Waals surface area contributed by atoms with Crippen LogP contribution >= 0.6 is 24.4 Å². The fourth-order valence-electron chi connectivity index (χ4n) is 4.92. The zero-order chi connectivity index (χ0) is 21.0. The van der Waals surface area contributed by atoms with Crippen LogP contribution in [0.4, 0.5) is 0 Å². The Hall–Kier alpha value is -0.620. The van der Waals surface area contributed by atoms with E-state index in [1.54, 1.807) is 0 Å². The Morgan fingerprint density at radius 2 is 1.07 bits per heavy atom. The van der Waals surface area contributed by atoms with E-state index in [2.05, 4.69) is 24.5 Å². The average Bonchev–Trinajstić information content (AvgIpc) is 2.69. The Bertz CT molecular complexity index is 457. The van der Waals surface area contributed by atoms with Gasteiger partial charge < -0.3 is 20.1 Å². The van der Waals surface area contributed by atoms with Crippen LogP contribution < -0.4 is 10.6 Å². The van der Waals surface area contributed by atoms with E-state index in [4.69, 9.17) is 33.9 Å². The van der Waals surface area contributed by atoms with Crippen LogP contribution in [0.25, 0.3) is 0 Å². The van der Waals surface area contributed by atoms with Gasteiger partial charge in [-0.05, 0) is 69.4 Å². The molecule has 168 valence electrons. The van der Waals surface area contributed by atoms with Crippen LogP contribution in [-0.2, 0) is 9.47 Å². The van der Waals surface area contributed by atoms with Gasteiger partial charge in [0.25, 0.3) is 10.3 Å². The maximum Gasteiger partial charge on any atom is 0.257 e. The number of unbranched alkanes of at least 4 members (excludes halogenated alkanes) is 2. The second kappa shape index (κ2) is 12.9. The minimum atomic E-state index is 0.00488. The fraction of sp³-hybridized carbons (Fsp3) is 0.913. The molecule has 2 aliphatic rings. The summed E-state index contributed by atoms with van der Waals surface area (Å²) in [4.78, 5) is 0. The highest BCUT2D eigenvalue weighted by Crippen LogP contribution is 2.41. The molecule has 0 radical (unpaired) electrons. The molecule has 0 amide bonds. The lowest BCUT2D eigenvalue weighted by Gasteiger charge is -2.48. The van der Waals surface area contributed by atoms with Crippen molar-refractivity contribution in [2.45, 2.75) is 121 Å². The minimum absolute atomic E-state index is 0.00488. The third kappa shape index (κ3) is 8.56. The normalized spacial score (nSPS) is 20.5. The van der Waals surface area contributed by atoms with Crippen LogP contribution in [0.5, 0.6) is 0 Å². The van der Waals surface area contributed by atoms with Crippen molar-refractivity contribution < 1.29 is 9.47 Å². The molecule has 0 aromatic rings. The number of rotatable bonds is 10. The molecule has 0 spiro atoms. The molecule has 2 rings (SSSR count). The first-order valence-corrected chi connectivity index (χ1v) is 12.7. The molecule has 0 aromatic carbocycles. The van der Waals surface area contributed by atoms with E-state index in [9.17, 15) is 0 Å². The molecule has 6 heteroatoms. The van der Waals surface area contributed by atoms with Gasteiger partial charge in [-0.2, -0.15) is 0 Å². The zero-order valence-electron chi connectivity index (χ0n) is 18.7. The summed E-state index contributed by atoms with van der Waals surface area (Å²) in [5, 5.41) is 8.50. The van der Waals surface area contributed by atoms with Crippen LogP contribution in [0.15, 0.2) is 0 Å². The predicted octanol–water partition coefficient (Wildman–Crippen LogP) is 6.16. The van der Waals surface area contributed by atoms with Crippen molar-refractivity contribution in [2.24, 2.45) is 0 Å². The molecule has 4 nitrogen and oxygen atoms in total. The lowest BCUT2D eigenvalue weighted by molar-refractivity contribution is 0.131. The van der Waals surface area contributed by atoms with E-state index in [1.807, 2.05) is 0 Å². The molecule has 2 aliphatic carbocycles. The van der Waals surface area contributed by atoms with Crippen molar-refractivity contribution in [1.82, 2.24) is 10.6 Å². The topological polar surface area (TPSA) is 42.5 Å². The Kier molecular flexibility index (Phi) is 11.0. The first-order valence-electron chi connectivity index (χ1n) is 11.9. The van der Waals surface area contributed by atoms with Crippen molar-refractivity contribution in [2.75, 3.05) is 13.2 Å². The molecule has 2 N–H and O–H groups in total. The van der Waals surface area contributed by atoms with Crippen LogP contribution in [0.3, 0.4) is 0 Å². The van der Waals surface area contributed by atoms with Gasteiger partial charge >= 0.3 is 0 Å². The van der Waals surface area contributed by atoms with Crippen LogP contribution in [0.1, 0.15) is 110 Å². The summed E-state index contributed by atoms with van der Waals surface area (Å²) in [6, 6.07) is 0. The van der Waals surface area contributed by atoms with Gasteiger partial charge in [-0.25, -0.2) is 0 Å². The third-order valence-electron chi connectivity index (χ3n) is 6.49. The first-order chi connectivity index (χ1) is 14.0. The second-order valence-electron chi connectivity index (χ2n) is 9.09. The Morgan fingerprint density at radius 3 is 1.41 bits per heavy atom. The summed E-state index contributed by atoms with van der Waals surface area (Å²) in [6.07, 6.45) is 17.6. The number of hydrogen-bond acceptors (Lipinski definition) is 4. The summed E-state index contributed by atoms with van der Waals surface area (Å²) in [5.41, 5.74) is 0.00976. The average molecular weight is 443 g/mol. The smallest absolute Gasteiger partial charge is 0.257 e. The molecule has 2 saturated carbocycles. The van der Waals surface area contributed by atoms with Gasteiger partial charge in [0.05, 0.1) is 13.2 Å². The van der Waals surface area contributed by atoms with Crippen molar-refractivity contribution in [3.8, 4) is 0 Å². The van der Waals surface area contributed by atoms with Gasteiger partial charge in [0.2, 0.25) is 0 Å². The minimum Gasteiger partial charge on any atom is -0.471 e. The second-order valence-corrected chi connectivity index (χ2v) is 9.83. The van der Waals surface area contributed by atoms with E-state index in [0.717, 1.165) is 57.8 Å². The predicted molar refractivity (Wildman–Crippen MR) is 129 cm³/mol. The van der Waals surface area contributed by atoms with Gasteiger partial charge in [0, 0.05) is 11.1 Å². The molecular formula is C23H42N2O2S2. The lowest BCUT2D eigenvalue weighted by Crippen LogP contribution is -2.60. The maximum absolute atomic E-state index is 5.83. The molecule has 0 aliphatic heterocycles.